The fraction of sp³-hybridized carbons (Fsp3) is 0.143. The maximum Gasteiger partial charge on any atom is 0.335 e. The van der Waals surface area contributed by atoms with Crippen LogP contribution in [0.1, 0.15) is 22.3 Å². The molecule has 39 heavy (non-hydrogen) atoms. The van der Waals surface area contributed by atoms with Gasteiger partial charge in [0.1, 0.15) is 11.3 Å². The number of carbonyl (C=O) groups is 4. The number of nitrogens with one attached hydrogen (secondary N) is 2. The SMILES string of the molecule is Cc1ccc(NC(=O)COc2c(Br)cc(/C=C3\C(=O)NC(=O)N(c4ccc(C)c(Cl)c4)C3=O)cc2Br)cc1C. The second-order valence-electron chi connectivity index (χ2n) is 8.84. The number of aryl methyl sites for hydroxylation is 3. The summed E-state index contributed by atoms with van der Waals surface area (Å²) in [6.45, 7) is 5.50. The molecule has 4 rings (SSSR count). The Morgan fingerprint density at radius 3 is 2.28 bits per heavy atom. The van der Waals surface area contributed by atoms with Gasteiger partial charge in [0.2, 0.25) is 0 Å². The zero-order valence-corrected chi connectivity index (χ0v) is 25.0. The molecule has 200 valence electrons. The average Bonchev–Trinajstić information content (AvgIpc) is 2.85. The number of imide groups is 2. The second kappa shape index (κ2) is 11.7. The lowest BCUT2D eigenvalue weighted by atomic mass is 10.1. The molecule has 0 radical (unpaired) electrons. The van der Waals surface area contributed by atoms with Gasteiger partial charge in [-0.05, 0) is 117 Å². The van der Waals surface area contributed by atoms with Crippen LogP contribution in [0.4, 0.5) is 16.2 Å². The molecule has 0 bridgehead atoms. The van der Waals surface area contributed by atoms with Crippen molar-refractivity contribution in [2.75, 3.05) is 16.8 Å². The van der Waals surface area contributed by atoms with Crippen molar-refractivity contribution < 1.29 is 23.9 Å². The first-order valence-electron chi connectivity index (χ1n) is 11.6. The summed E-state index contributed by atoms with van der Waals surface area (Å²) in [4.78, 5) is 51.5. The molecule has 1 heterocycles. The highest BCUT2D eigenvalue weighted by Gasteiger charge is 2.37. The molecule has 0 unspecified atom stereocenters. The van der Waals surface area contributed by atoms with Crippen LogP contribution in [0.5, 0.6) is 5.75 Å². The predicted octanol–water partition coefficient (Wildman–Crippen LogP) is 6.47. The Labute approximate surface area is 246 Å². The fourth-order valence-electron chi connectivity index (χ4n) is 3.73. The minimum Gasteiger partial charge on any atom is -0.481 e. The van der Waals surface area contributed by atoms with E-state index in [9.17, 15) is 19.2 Å². The molecule has 8 nitrogen and oxygen atoms in total. The zero-order valence-electron chi connectivity index (χ0n) is 21.0. The standard InChI is InChI=1S/C28H22Br2ClN3O5/c1-14-4-6-18(8-16(14)3)32-24(35)13-39-25-21(29)10-17(11-22(25)30)9-20-26(36)33-28(38)34(27(20)37)19-7-5-15(2)23(31)12-19/h4-12H,13H2,1-3H3,(H,32,35)(H,33,36,38)/b20-9+. The van der Waals surface area contributed by atoms with E-state index in [4.69, 9.17) is 16.3 Å². The van der Waals surface area contributed by atoms with Gasteiger partial charge in [0.25, 0.3) is 17.7 Å². The Hall–Kier alpha value is -3.47. The number of anilines is 2. The summed E-state index contributed by atoms with van der Waals surface area (Å²) in [5.74, 6) is -1.60. The Balaban J connectivity index is 1.52. The number of amides is 5. The lowest BCUT2D eigenvalue weighted by molar-refractivity contribution is -0.122. The van der Waals surface area contributed by atoms with Crippen molar-refractivity contribution >= 4 is 84.7 Å². The van der Waals surface area contributed by atoms with Crippen LogP contribution in [0.25, 0.3) is 6.08 Å². The van der Waals surface area contributed by atoms with Crippen molar-refractivity contribution in [3.63, 3.8) is 0 Å². The third kappa shape index (κ3) is 6.41. The van der Waals surface area contributed by atoms with Crippen LogP contribution in [0, 0.1) is 20.8 Å². The van der Waals surface area contributed by atoms with Gasteiger partial charge in [-0.1, -0.05) is 23.7 Å². The number of urea groups is 1. The summed E-state index contributed by atoms with van der Waals surface area (Å²) in [7, 11) is 0. The van der Waals surface area contributed by atoms with Gasteiger partial charge in [-0.15, -0.1) is 0 Å². The summed E-state index contributed by atoms with van der Waals surface area (Å²) < 4.78 is 6.67. The molecule has 0 saturated carbocycles. The summed E-state index contributed by atoms with van der Waals surface area (Å²) in [5, 5.41) is 5.36. The van der Waals surface area contributed by atoms with Crippen molar-refractivity contribution in [3.05, 3.63) is 90.3 Å². The van der Waals surface area contributed by atoms with E-state index in [0.29, 0.717) is 31.0 Å². The Morgan fingerprint density at radius 1 is 0.974 bits per heavy atom. The quantitative estimate of drug-likeness (QED) is 0.230. The van der Waals surface area contributed by atoms with Gasteiger partial charge in [-0.3, -0.25) is 19.7 Å². The van der Waals surface area contributed by atoms with Crippen molar-refractivity contribution in [2.24, 2.45) is 0 Å². The molecule has 1 fully saturated rings. The zero-order chi connectivity index (χ0) is 28.4. The molecular weight excluding hydrogens is 654 g/mol. The van der Waals surface area contributed by atoms with Gasteiger partial charge in [0, 0.05) is 10.7 Å². The Bertz CT molecular complexity index is 1550. The van der Waals surface area contributed by atoms with Crippen LogP contribution in [0.2, 0.25) is 5.02 Å². The molecule has 11 heteroatoms. The number of halogens is 3. The number of barbiturate groups is 1. The molecule has 1 aliphatic heterocycles. The normalized spacial score (nSPS) is 14.5. The van der Waals surface area contributed by atoms with Crippen LogP contribution >= 0.6 is 43.5 Å². The second-order valence-corrected chi connectivity index (χ2v) is 11.0. The minimum atomic E-state index is -0.868. The third-order valence-electron chi connectivity index (χ3n) is 5.99. The van der Waals surface area contributed by atoms with Gasteiger partial charge < -0.3 is 10.1 Å². The van der Waals surface area contributed by atoms with Crippen LogP contribution in [0.15, 0.2) is 63.0 Å². The van der Waals surface area contributed by atoms with Crippen molar-refractivity contribution in [1.82, 2.24) is 5.32 Å². The molecule has 1 saturated heterocycles. The highest BCUT2D eigenvalue weighted by Crippen LogP contribution is 2.36. The monoisotopic (exact) mass is 673 g/mol. The maximum absolute atomic E-state index is 13.2. The average molecular weight is 676 g/mol. The van der Waals surface area contributed by atoms with E-state index in [2.05, 4.69) is 42.5 Å². The van der Waals surface area contributed by atoms with Crippen LogP contribution in [-0.2, 0) is 14.4 Å². The number of hydrogen-bond acceptors (Lipinski definition) is 5. The molecule has 2 N–H and O–H groups in total. The number of nitrogens with zero attached hydrogens (tertiary/aromatic N) is 1. The van der Waals surface area contributed by atoms with Crippen LogP contribution < -0.4 is 20.3 Å². The lowest BCUT2D eigenvalue weighted by Crippen LogP contribution is -2.54. The van der Waals surface area contributed by atoms with Gasteiger partial charge in [0.15, 0.2) is 6.61 Å². The van der Waals surface area contributed by atoms with Gasteiger partial charge in [-0.25, -0.2) is 9.69 Å². The number of carbonyl (C=O) groups excluding carboxylic acids is 4. The summed E-state index contributed by atoms with van der Waals surface area (Å²) in [6, 6.07) is 12.7. The number of hydrogen-bond donors (Lipinski definition) is 2. The third-order valence-corrected chi connectivity index (χ3v) is 7.57. The first-order chi connectivity index (χ1) is 18.4. The van der Waals surface area contributed by atoms with E-state index in [0.717, 1.165) is 21.6 Å². The summed E-state index contributed by atoms with van der Waals surface area (Å²) >= 11 is 13.0. The number of benzene rings is 3. The summed E-state index contributed by atoms with van der Waals surface area (Å²) in [6.07, 6.45) is 1.36. The Kier molecular flexibility index (Phi) is 8.58. The number of ether oxygens (including phenoxy) is 1. The van der Waals surface area contributed by atoms with E-state index in [-0.39, 0.29) is 23.8 Å². The van der Waals surface area contributed by atoms with Gasteiger partial charge in [0.05, 0.1) is 14.6 Å². The molecule has 0 aliphatic carbocycles. The topological polar surface area (TPSA) is 105 Å². The highest BCUT2D eigenvalue weighted by atomic mass is 79.9. The summed E-state index contributed by atoms with van der Waals surface area (Å²) in [5.41, 5.74) is 4.08. The van der Waals surface area contributed by atoms with E-state index in [1.165, 1.54) is 12.1 Å². The van der Waals surface area contributed by atoms with Crippen molar-refractivity contribution in [1.29, 1.82) is 0 Å². The molecule has 3 aromatic carbocycles. The molecule has 1 aliphatic rings. The van der Waals surface area contributed by atoms with Crippen LogP contribution in [-0.4, -0.2) is 30.4 Å². The van der Waals surface area contributed by atoms with E-state index < -0.39 is 17.8 Å². The van der Waals surface area contributed by atoms with Crippen molar-refractivity contribution in [2.45, 2.75) is 20.8 Å². The molecular formula is C28H22Br2ClN3O5. The lowest BCUT2D eigenvalue weighted by Gasteiger charge is -2.26. The molecule has 0 aromatic heterocycles. The molecule has 3 aromatic rings. The smallest absolute Gasteiger partial charge is 0.335 e. The first kappa shape index (κ1) is 28.5. The van der Waals surface area contributed by atoms with Crippen LogP contribution in [0.3, 0.4) is 0 Å². The largest absolute Gasteiger partial charge is 0.481 e. The van der Waals surface area contributed by atoms with Crippen molar-refractivity contribution in [3.8, 4) is 5.75 Å². The first-order valence-corrected chi connectivity index (χ1v) is 13.6. The van der Waals surface area contributed by atoms with Gasteiger partial charge >= 0.3 is 6.03 Å². The minimum absolute atomic E-state index is 0.233. The molecule has 5 amide bonds. The van der Waals surface area contributed by atoms with E-state index in [1.807, 2.05) is 32.0 Å². The molecule has 0 spiro atoms. The fourth-order valence-corrected chi connectivity index (χ4v) is 5.36. The van der Waals surface area contributed by atoms with E-state index in [1.54, 1.807) is 31.2 Å². The van der Waals surface area contributed by atoms with E-state index >= 15 is 0 Å². The predicted molar refractivity (Wildman–Crippen MR) is 157 cm³/mol. The maximum atomic E-state index is 13.2. The Morgan fingerprint density at radius 2 is 1.64 bits per heavy atom. The highest BCUT2D eigenvalue weighted by molar-refractivity contribution is 9.11. The van der Waals surface area contributed by atoms with Gasteiger partial charge in [-0.2, -0.15) is 0 Å². The molecule has 0 atom stereocenters. The number of rotatable bonds is 6.